The number of carbonyl (C=O) groups excluding carboxylic acids is 1. The van der Waals surface area contributed by atoms with E-state index in [1.54, 1.807) is 11.3 Å². The molecule has 1 aromatic heterocycles. The summed E-state index contributed by atoms with van der Waals surface area (Å²) in [5, 5.41) is 7.65. The van der Waals surface area contributed by atoms with E-state index in [9.17, 15) is 4.79 Å². The lowest BCUT2D eigenvalue weighted by Crippen LogP contribution is -2.37. The van der Waals surface area contributed by atoms with Gasteiger partial charge in [-0.3, -0.25) is 4.79 Å². The summed E-state index contributed by atoms with van der Waals surface area (Å²) in [5.41, 5.74) is 1.28. The van der Waals surface area contributed by atoms with Crippen molar-refractivity contribution in [2.24, 2.45) is 5.92 Å². The van der Waals surface area contributed by atoms with Gasteiger partial charge >= 0.3 is 0 Å². The molecule has 1 aromatic rings. The van der Waals surface area contributed by atoms with E-state index in [4.69, 9.17) is 0 Å². The lowest BCUT2D eigenvalue weighted by Gasteiger charge is -2.27. The number of nitrogens with zero attached hydrogens (tertiary/aromatic N) is 1. The first kappa shape index (κ1) is 13.1. The fourth-order valence-corrected chi connectivity index (χ4v) is 3.51. The van der Waals surface area contributed by atoms with Crippen molar-refractivity contribution < 1.29 is 4.79 Å². The molecule has 1 aliphatic carbocycles. The maximum Gasteiger partial charge on any atom is 0.223 e. The first-order valence-electron chi connectivity index (χ1n) is 7.34. The molecule has 3 rings (SSSR count). The Labute approximate surface area is 119 Å². The van der Waals surface area contributed by atoms with Gasteiger partial charge in [-0.25, -0.2) is 0 Å². The van der Waals surface area contributed by atoms with Gasteiger partial charge in [0.25, 0.3) is 0 Å². The zero-order valence-electron chi connectivity index (χ0n) is 11.3. The second-order valence-electron chi connectivity index (χ2n) is 5.80. The summed E-state index contributed by atoms with van der Waals surface area (Å²) in [6.45, 7) is 2.95. The van der Waals surface area contributed by atoms with E-state index in [1.807, 2.05) is 0 Å². The lowest BCUT2D eigenvalue weighted by atomic mass is 9.95. The van der Waals surface area contributed by atoms with Crippen molar-refractivity contribution in [3.63, 3.8) is 0 Å². The van der Waals surface area contributed by atoms with Gasteiger partial charge in [0.1, 0.15) is 0 Å². The zero-order chi connectivity index (χ0) is 13.1. The summed E-state index contributed by atoms with van der Waals surface area (Å²) < 4.78 is 0. The Balaban J connectivity index is 1.57. The number of rotatable bonds is 5. The quantitative estimate of drug-likeness (QED) is 0.898. The van der Waals surface area contributed by atoms with E-state index in [-0.39, 0.29) is 0 Å². The van der Waals surface area contributed by atoms with Gasteiger partial charge in [-0.1, -0.05) is 0 Å². The van der Waals surface area contributed by atoms with Crippen LogP contribution in [0.25, 0.3) is 0 Å². The topological polar surface area (TPSA) is 32.3 Å². The normalized spacial score (nSPS) is 23.3. The average molecular weight is 278 g/mol. The van der Waals surface area contributed by atoms with E-state index in [1.165, 1.54) is 31.2 Å². The van der Waals surface area contributed by atoms with Gasteiger partial charge in [-0.15, -0.1) is 0 Å². The fraction of sp³-hybridized carbons (Fsp3) is 0.667. The van der Waals surface area contributed by atoms with Crippen LogP contribution in [-0.4, -0.2) is 29.9 Å². The largest absolute Gasteiger partial charge is 0.335 e. The Morgan fingerprint density at radius 1 is 1.42 bits per heavy atom. The van der Waals surface area contributed by atoms with E-state index in [0.717, 1.165) is 26.1 Å². The highest BCUT2D eigenvalue weighted by Gasteiger charge is 2.33. The first-order chi connectivity index (χ1) is 9.33. The van der Waals surface area contributed by atoms with Crippen molar-refractivity contribution in [3.8, 4) is 0 Å². The molecule has 1 amide bonds. The highest BCUT2D eigenvalue weighted by molar-refractivity contribution is 7.07. The summed E-state index contributed by atoms with van der Waals surface area (Å²) in [4.78, 5) is 14.6. The Morgan fingerprint density at radius 2 is 2.32 bits per heavy atom. The van der Waals surface area contributed by atoms with Crippen molar-refractivity contribution in [1.82, 2.24) is 10.2 Å². The molecule has 1 saturated heterocycles. The molecule has 1 atom stereocenters. The smallest absolute Gasteiger partial charge is 0.223 e. The van der Waals surface area contributed by atoms with Gasteiger partial charge in [-0.05, 0) is 67.1 Å². The summed E-state index contributed by atoms with van der Waals surface area (Å²) in [6.07, 6.45) is 5.53. The predicted octanol–water partition coefficient (Wildman–Crippen LogP) is 2.63. The number of hydrogen-bond donors (Lipinski definition) is 1. The first-order valence-corrected chi connectivity index (χ1v) is 8.28. The Morgan fingerprint density at radius 3 is 2.95 bits per heavy atom. The van der Waals surface area contributed by atoms with Crippen LogP contribution in [0.15, 0.2) is 16.8 Å². The van der Waals surface area contributed by atoms with Crippen molar-refractivity contribution in [1.29, 1.82) is 0 Å². The van der Waals surface area contributed by atoms with Gasteiger partial charge in [0.15, 0.2) is 0 Å². The third kappa shape index (κ3) is 3.57. The standard InChI is InChI=1S/C15H22N2OS/c18-15(8-12-2-1-6-16-9-12)17(14-3-4-14)10-13-5-7-19-11-13/h5,7,11-12,14,16H,1-4,6,8-10H2. The van der Waals surface area contributed by atoms with Crippen molar-refractivity contribution >= 4 is 17.2 Å². The predicted molar refractivity (Wildman–Crippen MR) is 78.1 cm³/mol. The van der Waals surface area contributed by atoms with Crippen molar-refractivity contribution in [2.45, 2.75) is 44.7 Å². The molecule has 104 valence electrons. The molecule has 0 spiro atoms. The minimum absolute atomic E-state index is 0.363. The van der Waals surface area contributed by atoms with Gasteiger partial charge < -0.3 is 10.2 Å². The molecular formula is C15H22N2OS. The van der Waals surface area contributed by atoms with Crippen LogP contribution < -0.4 is 5.32 Å². The highest BCUT2D eigenvalue weighted by Crippen LogP contribution is 2.30. The number of amides is 1. The Hall–Kier alpha value is -0.870. The molecule has 4 heteroatoms. The summed E-state index contributed by atoms with van der Waals surface area (Å²) >= 11 is 1.71. The average Bonchev–Trinajstić information content (AvgIpc) is 3.14. The Bertz CT molecular complexity index is 408. The van der Waals surface area contributed by atoms with Crippen LogP contribution >= 0.6 is 11.3 Å². The van der Waals surface area contributed by atoms with Crippen LogP contribution in [-0.2, 0) is 11.3 Å². The molecule has 2 aliphatic rings. The highest BCUT2D eigenvalue weighted by atomic mass is 32.1. The van der Waals surface area contributed by atoms with E-state index >= 15 is 0 Å². The maximum atomic E-state index is 12.5. The van der Waals surface area contributed by atoms with Gasteiger partial charge in [-0.2, -0.15) is 11.3 Å². The molecule has 2 fully saturated rings. The van der Waals surface area contributed by atoms with Crippen LogP contribution in [0.4, 0.5) is 0 Å². The molecule has 0 aromatic carbocycles. The van der Waals surface area contributed by atoms with Crippen LogP contribution in [0.5, 0.6) is 0 Å². The SMILES string of the molecule is O=C(CC1CCCNC1)N(Cc1ccsc1)C1CC1. The maximum absolute atomic E-state index is 12.5. The fourth-order valence-electron chi connectivity index (χ4n) is 2.85. The molecule has 2 heterocycles. The van der Waals surface area contributed by atoms with Crippen LogP contribution in [0.2, 0.25) is 0 Å². The molecule has 19 heavy (non-hydrogen) atoms. The van der Waals surface area contributed by atoms with E-state index in [0.29, 0.717) is 17.9 Å². The third-order valence-corrected chi connectivity index (χ3v) is 4.84. The van der Waals surface area contributed by atoms with E-state index in [2.05, 4.69) is 27.0 Å². The zero-order valence-corrected chi connectivity index (χ0v) is 12.1. The van der Waals surface area contributed by atoms with Crippen LogP contribution in [0.1, 0.15) is 37.7 Å². The number of thiophene rings is 1. The third-order valence-electron chi connectivity index (χ3n) is 4.10. The number of carbonyl (C=O) groups is 1. The monoisotopic (exact) mass is 278 g/mol. The molecule has 0 radical (unpaired) electrons. The molecule has 1 unspecified atom stereocenters. The van der Waals surface area contributed by atoms with Crippen molar-refractivity contribution in [3.05, 3.63) is 22.4 Å². The molecule has 1 aliphatic heterocycles. The van der Waals surface area contributed by atoms with E-state index < -0.39 is 0 Å². The lowest BCUT2D eigenvalue weighted by molar-refractivity contribution is -0.133. The number of hydrogen-bond acceptors (Lipinski definition) is 3. The Kier molecular flexibility index (Phi) is 4.18. The van der Waals surface area contributed by atoms with Crippen LogP contribution in [0.3, 0.4) is 0 Å². The van der Waals surface area contributed by atoms with Crippen LogP contribution in [0, 0.1) is 5.92 Å². The van der Waals surface area contributed by atoms with Gasteiger partial charge in [0.2, 0.25) is 5.91 Å². The second kappa shape index (κ2) is 6.06. The van der Waals surface area contributed by atoms with Gasteiger partial charge in [0, 0.05) is 19.0 Å². The minimum atomic E-state index is 0.363. The second-order valence-corrected chi connectivity index (χ2v) is 6.58. The number of nitrogens with one attached hydrogen (secondary N) is 1. The molecule has 1 N–H and O–H groups in total. The van der Waals surface area contributed by atoms with Crippen molar-refractivity contribution in [2.75, 3.05) is 13.1 Å². The molecule has 1 saturated carbocycles. The molecule has 3 nitrogen and oxygen atoms in total. The summed E-state index contributed by atoms with van der Waals surface area (Å²) in [5.74, 6) is 0.910. The summed E-state index contributed by atoms with van der Waals surface area (Å²) in [7, 11) is 0. The number of piperidine rings is 1. The minimum Gasteiger partial charge on any atom is -0.335 e. The summed E-state index contributed by atoms with van der Waals surface area (Å²) in [6, 6.07) is 2.65. The van der Waals surface area contributed by atoms with Gasteiger partial charge in [0.05, 0.1) is 0 Å². The molecular weight excluding hydrogens is 256 g/mol. The molecule has 0 bridgehead atoms.